The Hall–Kier alpha value is -2.64. The Morgan fingerprint density at radius 3 is 2.72 bits per heavy atom. The Morgan fingerprint density at radius 2 is 1.97 bits per heavy atom. The molecule has 0 aliphatic carbocycles. The number of hydrogen-bond acceptors (Lipinski definition) is 5. The molecule has 3 aromatic rings. The lowest BCUT2D eigenvalue weighted by Crippen LogP contribution is -2.45. The molecular weight excluding hydrogens is 386 g/mol. The van der Waals surface area contributed by atoms with Crippen LogP contribution in [0.3, 0.4) is 0 Å². The van der Waals surface area contributed by atoms with Crippen LogP contribution in [0.15, 0.2) is 58.5 Å². The summed E-state index contributed by atoms with van der Waals surface area (Å²) >= 11 is 1.30. The van der Waals surface area contributed by atoms with E-state index in [9.17, 15) is 9.59 Å². The van der Waals surface area contributed by atoms with Crippen molar-refractivity contribution >= 4 is 28.6 Å². The van der Waals surface area contributed by atoms with E-state index in [1.165, 1.54) is 11.8 Å². The second kappa shape index (κ2) is 8.39. The Bertz CT molecular complexity index is 1090. The van der Waals surface area contributed by atoms with Gasteiger partial charge in [-0.3, -0.25) is 14.2 Å². The third-order valence-corrected chi connectivity index (χ3v) is 5.88. The summed E-state index contributed by atoms with van der Waals surface area (Å²) in [5.41, 5.74) is 2.36. The van der Waals surface area contributed by atoms with Gasteiger partial charge in [-0.1, -0.05) is 41.6 Å². The number of fused-ring (bicyclic) bond motifs is 1. The number of rotatable bonds is 4. The van der Waals surface area contributed by atoms with Crippen molar-refractivity contribution in [3.63, 3.8) is 0 Å². The van der Waals surface area contributed by atoms with Crippen molar-refractivity contribution in [1.29, 1.82) is 0 Å². The largest absolute Gasteiger partial charge is 0.375 e. The van der Waals surface area contributed by atoms with Crippen LogP contribution in [0.1, 0.15) is 12.5 Å². The Kier molecular flexibility index (Phi) is 5.69. The second-order valence-corrected chi connectivity index (χ2v) is 8.14. The fourth-order valence-corrected chi connectivity index (χ4v) is 4.31. The Balaban J connectivity index is 1.69. The molecule has 0 spiro atoms. The molecule has 4 rings (SSSR count). The number of amides is 1. The van der Waals surface area contributed by atoms with Crippen LogP contribution in [-0.4, -0.2) is 51.9 Å². The molecule has 0 bridgehead atoms. The average Bonchev–Trinajstić information content (AvgIpc) is 2.73. The molecule has 1 aliphatic heterocycles. The molecule has 0 saturated carbocycles. The van der Waals surface area contributed by atoms with E-state index in [2.05, 4.69) is 0 Å². The standard InChI is InChI=1S/C22H23N3O3S/c1-15-7-9-17(10-8-15)25-21(27)18-5-3-4-6-19(18)23-22(25)29-14-20(26)24-11-12-28-16(2)13-24/h3-10,16H,11-14H2,1-2H3. The highest BCUT2D eigenvalue weighted by atomic mass is 32.2. The van der Waals surface area contributed by atoms with Crippen LogP contribution in [0, 0.1) is 6.92 Å². The molecule has 1 atom stereocenters. The predicted octanol–water partition coefficient (Wildman–Crippen LogP) is 3.03. The van der Waals surface area contributed by atoms with E-state index in [1.54, 1.807) is 10.6 Å². The van der Waals surface area contributed by atoms with Crippen LogP contribution in [0.2, 0.25) is 0 Å². The summed E-state index contributed by atoms with van der Waals surface area (Å²) < 4.78 is 7.11. The van der Waals surface area contributed by atoms with Gasteiger partial charge in [-0.25, -0.2) is 4.98 Å². The lowest BCUT2D eigenvalue weighted by molar-refractivity contribution is -0.135. The number of para-hydroxylation sites is 1. The zero-order valence-corrected chi connectivity index (χ0v) is 17.3. The molecule has 150 valence electrons. The molecule has 1 aliphatic rings. The van der Waals surface area contributed by atoms with Crippen molar-refractivity contribution in [2.24, 2.45) is 0 Å². The summed E-state index contributed by atoms with van der Waals surface area (Å²) in [7, 11) is 0. The van der Waals surface area contributed by atoms with Crippen molar-refractivity contribution < 1.29 is 9.53 Å². The number of carbonyl (C=O) groups excluding carboxylic acids is 1. The van der Waals surface area contributed by atoms with Crippen molar-refractivity contribution in [3.8, 4) is 5.69 Å². The highest BCUT2D eigenvalue weighted by molar-refractivity contribution is 7.99. The molecule has 0 radical (unpaired) electrons. The highest BCUT2D eigenvalue weighted by Gasteiger charge is 2.22. The number of hydrogen-bond donors (Lipinski definition) is 0. The number of thioether (sulfide) groups is 1. The van der Waals surface area contributed by atoms with Gasteiger partial charge in [0.15, 0.2) is 5.16 Å². The zero-order valence-electron chi connectivity index (χ0n) is 16.5. The number of benzene rings is 2. The Morgan fingerprint density at radius 1 is 1.21 bits per heavy atom. The second-order valence-electron chi connectivity index (χ2n) is 7.20. The minimum atomic E-state index is -0.130. The molecule has 6 nitrogen and oxygen atoms in total. The smallest absolute Gasteiger partial charge is 0.266 e. The van der Waals surface area contributed by atoms with Crippen LogP contribution in [0.4, 0.5) is 0 Å². The van der Waals surface area contributed by atoms with E-state index in [0.717, 1.165) is 11.3 Å². The first-order chi connectivity index (χ1) is 14.0. The summed E-state index contributed by atoms with van der Waals surface area (Å²) in [5, 5.41) is 1.08. The number of morpholine rings is 1. The first kappa shape index (κ1) is 19.7. The van der Waals surface area contributed by atoms with Gasteiger partial charge in [-0.15, -0.1) is 0 Å². The van der Waals surface area contributed by atoms with E-state index in [0.29, 0.717) is 35.8 Å². The summed E-state index contributed by atoms with van der Waals surface area (Å²) in [6.07, 6.45) is 0.0437. The van der Waals surface area contributed by atoms with E-state index < -0.39 is 0 Å². The molecule has 2 aromatic carbocycles. The minimum Gasteiger partial charge on any atom is -0.375 e. The van der Waals surface area contributed by atoms with Crippen molar-refractivity contribution in [2.75, 3.05) is 25.4 Å². The predicted molar refractivity (Wildman–Crippen MR) is 115 cm³/mol. The van der Waals surface area contributed by atoms with Crippen LogP contribution in [0.5, 0.6) is 0 Å². The van der Waals surface area contributed by atoms with E-state index >= 15 is 0 Å². The Labute approximate surface area is 173 Å². The minimum absolute atomic E-state index is 0.0306. The van der Waals surface area contributed by atoms with Gasteiger partial charge >= 0.3 is 0 Å². The maximum Gasteiger partial charge on any atom is 0.266 e. The van der Waals surface area contributed by atoms with Gasteiger partial charge in [0.1, 0.15) is 0 Å². The monoisotopic (exact) mass is 409 g/mol. The summed E-state index contributed by atoms with van der Waals surface area (Å²) in [6.45, 7) is 5.71. The van der Waals surface area contributed by atoms with E-state index in [-0.39, 0.29) is 23.3 Å². The molecule has 7 heteroatoms. The topological polar surface area (TPSA) is 64.4 Å². The van der Waals surface area contributed by atoms with Crippen molar-refractivity contribution in [2.45, 2.75) is 25.1 Å². The summed E-state index contributed by atoms with van der Waals surface area (Å²) in [5.74, 6) is 0.256. The third-order valence-electron chi connectivity index (χ3n) is 4.96. The highest BCUT2D eigenvalue weighted by Crippen LogP contribution is 2.22. The average molecular weight is 410 g/mol. The number of carbonyl (C=O) groups is 1. The molecule has 1 saturated heterocycles. The first-order valence-corrected chi connectivity index (χ1v) is 10.6. The quantitative estimate of drug-likeness (QED) is 0.490. The van der Waals surface area contributed by atoms with Crippen LogP contribution < -0.4 is 5.56 Å². The SMILES string of the molecule is Cc1ccc(-n2c(SCC(=O)N3CCOC(C)C3)nc3ccccc3c2=O)cc1. The van der Waals surface area contributed by atoms with Crippen LogP contribution >= 0.6 is 11.8 Å². The van der Waals surface area contributed by atoms with Crippen LogP contribution in [0.25, 0.3) is 16.6 Å². The van der Waals surface area contributed by atoms with Crippen molar-refractivity contribution in [1.82, 2.24) is 14.5 Å². The number of aromatic nitrogens is 2. The molecule has 29 heavy (non-hydrogen) atoms. The third kappa shape index (κ3) is 4.21. The number of ether oxygens (including phenoxy) is 1. The first-order valence-electron chi connectivity index (χ1n) is 9.64. The molecule has 1 unspecified atom stereocenters. The maximum atomic E-state index is 13.2. The van der Waals surface area contributed by atoms with Crippen molar-refractivity contribution in [3.05, 3.63) is 64.4 Å². The van der Waals surface area contributed by atoms with Gasteiger partial charge in [-0.2, -0.15) is 0 Å². The van der Waals surface area contributed by atoms with Gasteiger partial charge in [0, 0.05) is 13.1 Å². The summed E-state index contributed by atoms with van der Waals surface area (Å²) in [4.78, 5) is 32.4. The molecule has 2 heterocycles. The molecule has 1 amide bonds. The van der Waals surface area contributed by atoms with Gasteiger partial charge in [0.2, 0.25) is 5.91 Å². The molecular formula is C22H23N3O3S. The van der Waals surface area contributed by atoms with Gasteiger partial charge < -0.3 is 9.64 Å². The van der Waals surface area contributed by atoms with Gasteiger partial charge in [0.25, 0.3) is 5.56 Å². The number of nitrogens with zero attached hydrogens (tertiary/aromatic N) is 3. The zero-order chi connectivity index (χ0) is 20.4. The lowest BCUT2D eigenvalue weighted by atomic mass is 10.2. The maximum absolute atomic E-state index is 13.2. The fourth-order valence-electron chi connectivity index (χ4n) is 3.39. The van der Waals surface area contributed by atoms with Gasteiger partial charge in [0.05, 0.1) is 35.1 Å². The van der Waals surface area contributed by atoms with Crippen LogP contribution in [-0.2, 0) is 9.53 Å². The van der Waals surface area contributed by atoms with E-state index in [4.69, 9.17) is 9.72 Å². The number of aryl methyl sites for hydroxylation is 1. The normalized spacial score (nSPS) is 16.9. The molecule has 1 aromatic heterocycles. The van der Waals surface area contributed by atoms with Gasteiger partial charge in [-0.05, 0) is 38.1 Å². The molecule has 0 N–H and O–H groups in total. The summed E-state index contributed by atoms with van der Waals surface area (Å²) in [6, 6.07) is 15.0. The molecule has 1 fully saturated rings. The lowest BCUT2D eigenvalue weighted by Gasteiger charge is -2.31. The fraction of sp³-hybridized carbons (Fsp3) is 0.318. The van der Waals surface area contributed by atoms with E-state index in [1.807, 2.05) is 61.2 Å².